The van der Waals surface area contributed by atoms with Crippen LogP contribution in [0.2, 0.25) is 0 Å². The molecule has 1 aliphatic heterocycles. The second kappa shape index (κ2) is 16.8. The van der Waals surface area contributed by atoms with Gasteiger partial charge < -0.3 is 33.8 Å². The van der Waals surface area contributed by atoms with E-state index >= 15 is 0 Å². The lowest BCUT2D eigenvalue weighted by Gasteiger charge is -2.18. The Kier molecular flexibility index (Phi) is 14.4. The van der Waals surface area contributed by atoms with E-state index < -0.39 is 36.0 Å². The van der Waals surface area contributed by atoms with E-state index in [1.165, 1.54) is 14.2 Å². The van der Waals surface area contributed by atoms with Crippen molar-refractivity contribution >= 4 is 29.8 Å². The number of nitrogens with zero attached hydrogens (tertiary/aromatic N) is 1. The minimum atomic E-state index is -0.762. The van der Waals surface area contributed by atoms with Crippen molar-refractivity contribution in [2.45, 2.75) is 44.6 Å². The van der Waals surface area contributed by atoms with Gasteiger partial charge in [-0.05, 0) is 12.8 Å². The molecule has 1 N–H and O–H groups in total. The minimum Gasteiger partial charge on any atom is -0.463 e. The molecule has 1 atom stereocenters. The Morgan fingerprint density at radius 3 is 2.15 bits per heavy atom. The number of esters is 1. The van der Waals surface area contributed by atoms with Crippen molar-refractivity contribution in [2.24, 2.45) is 0 Å². The molecule has 13 nitrogen and oxygen atoms in total. The highest BCUT2D eigenvalue weighted by Crippen LogP contribution is 2.13. The second-order valence-electron chi connectivity index (χ2n) is 6.94. The number of hydrogen-bond donors (Lipinski definition) is 1. The Hall–Kier alpha value is -2.77. The van der Waals surface area contributed by atoms with Gasteiger partial charge in [-0.25, -0.2) is 9.59 Å². The van der Waals surface area contributed by atoms with Crippen LogP contribution >= 0.6 is 0 Å². The molecule has 188 valence electrons. The number of carbonyl (C=O) groups is 5. The SMILES string of the molecule is COCCCC(=O)OCC(COC(=O)NCCOC)OCCCC(=O)ON1C(=O)CCC1=O. The van der Waals surface area contributed by atoms with Crippen molar-refractivity contribution in [3.8, 4) is 0 Å². The summed E-state index contributed by atoms with van der Waals surface area (Å²) in [7, 11) is 3.02. The zero-order valence-corrected chi connectivity index (χ0v) is 19.0. The van der Waals surface area contributed by atoms with Crippen LogP contribution < -0.4 is 5.32 Å². The number of imide groups is 1. The summed E-state index contributed by atoms with van der Waals surface area (Å²) in [5.41, 5.74) is 0. The molecule has 3 amide bonds. The van der Waals surface area contributed by atoms with Gasteiger partial charge in [0.25, 0.3) is 11.8 Å². The van der Waals surface area contributed by atoms with Crippen LogP contribution in [0.3, 0.4) is 0 Å². The van der Waals surface area contributed by atoms with Gasteiger partial charge in [0, 0.05) is 53.2 Å². The molecule has 0 aromatic carbocycles. The summed E-state index contributed by atoms with van der Waals surface area (Å²) in [5, 5.41) is 2.95. The molecule has 1 rings (SSSR count). The van der Waals surface area contributed by atoms with Crippen LogP contribution in [-0.4, -0.2) is 94.8 Å². The van der Waals surface area contributed by atoms with Crippen LogP contribution in [0.15, 0.2) is 0 Å². The molecule has 0 saturated carbocycles. The summed E-state index contributed by atoms with van der Waals surface area (Å²) in [6.45, 7) is 0.712. The van der Waals surface area contributed by atoms with Crippen molar-refractivity contribution in [2.75, 3.05) is 53.8 Å². The number of rotatable bonds is 17. The monoisotopic (exact) mass is 476 g/mol. The van der Waals surface area contributed by atoms with Crippen LogP contribution in [0.5, 0.6) is 0 Å². The molecule has 0 aromatic heterocycles. The lowest BCUT2D eigenvalue weighted by atomic mass is 10.3. The Bertz CT molecular complexity index is 614. The summed E-state index contributed by atoms with van der Waals surface area (Å²) in [6.07, 6.45) is -0.660. The zero-order chi connectivity index (χ0) is 24.5. The maximum absolute atomic E-state index is 11.8. The van der Waals surface area contributed by atoms with Gasteiger partial charge >= 0.3 is 18.0 Å². The highest BCUT2D eigenvalue weighted by atomic mass is 16.7. The first-order valence-corrected chi connectivity index (χ1v) is 10.6. The molecule has 1 heterocycles. The molecule has 0 bridgehead atoms. The van der Waals surface area contributed by atoms with Gasteiger partial charge in [-0.15, -0.1) is 5.06 Å². The van der Waals surface area contributed by atoms with Crippen LogP contribution in [0, 0.1) is 0 Å². The first-order valence-electron chi connectivity index (χ1n) is 10.6. The molecular weight excluding hydrogens is 444 g/mol. The topological polar surface area (TPSA) is 156 Å². The molecule has 0 radical (unpaired) electrons. The van der Waals surface area contributed by atoms with E-state index in [0.717, 1.165) is 0 Å². The zero-order valence-electron chi connectivity index (χ0n) is 19.0. The molecule has 1 unspecified atom stereocenters. The Balaban J connectivity index is 2.38. The first-order chi connectivity index (χ1) is 15.9. The summed E-state index contributed by atoms with van der Waals surface area (Å²) in [4.78, 5) is 63.0. The Morgan fingerprint density at radius 1 is 0.879 bits per heavy atom. The van der Waals surface area contributed by atoms with Gasteiger partial charge in [-0.2, -0.15) is 0 Å². The summed E-state index contributed by atoms with van der Waals surface area (Å²) < 4.78 is 25.5. The predicted octanol–water partition coefficient (Wildman–Crippen LogP) is 0.101. The van der Waals surface area contributed by atoms with Crippen molar-refractivity contribution in [3.05, 3.63) is 0 Å². The number of carbonyl (C=O) groups excluding carboxylic acids is 5. The average molecular weight is 476 g/mol. The fraction of sp³-hybridized carbons (Fsp3) is 0.750. The third-order valence-corrected chi connectivity index (χ3v) is 4.21. The average Bonchev–Trinajstić information content (AvgIpc) is 3.10. The van der Waals surface area contributed by atoms with E-state index in [1.807, 2.05) is 0 Å². The van der Waals surface area contributed by atoms with E-state index in [2.05, 4.69) is 5.32 Å². The Morgan fingerprint density at radius 2 is 1.48 bits per heavy atom. The van der Waals surface area contributed by atoms with E-state index in [-0.39, 0.29) is 58.5 Å². The van der Waals surface area contributed by atoms with Crippen molar-refractivity contribution in [1.29, 1.82) is 0 Å². The standard InChI is InChI=1S/C20H32N2O11/c1-28-10-3-5-18(25)31-13-15(14-32-20(27)21-9-12-29-2)30-11-4-6-19(26)33-22-16(23)7-8-17(22)24/h15H,3-14H2,1-2H3,(H,21,27). The number of ether oxygens (including phenoxy) is 5. The molecule has 1 fully saturated rings. The molecule has 0 aliphatic carbocycles. The van der Waals surface area contributed by atoms with E-state index in [0.29, 0.717) is 24.7 Å². The van der Waals surface area contributed by atoms with E-state index in [1.54, 1.807) is 0 Å². The first kappa shape index (κ1) is 28.3. The van der Waals surface area contributed by atoms with E-state index in [9.17, 15) is 24.0 Å². The number of nitrogens with one attached hydrogen (secondary N) is 1. The Labute approximate surface area is 191 Å². The quantitative estimate of drug-likeness (QED) is 0.173. The smallest absolute Gasteiger partial charge is 0.407 e. The molecule has 0 spiro atoms. The molecule has 33 heavy (non-hydrogen) atoms. The fourth-order valence-corrected chi connectivity index (χ4v) is 2.51. The van der Waals surface area contributed by atoms with Crippen LogP contribution in [-0.2, 0) is 47.7 Å². The third kappa shape index (κ3) is 12.7. The number of hydroxylamine groups is 2. The normalized spacial score (nSPS) is 14.2. The minimum absolute atomic E-state index is 0.0140. The van der Waals surface area contributed by atoms with Gasteiger partial charge in [-0.1, -0.05) is 0 Å². The van der Waals surface area contributed by atoms with Crippen LogP contribution in [0.25, 0.3) is 0 Å². The van der Waals surface area contributed by atoms with Gasteiger partial charge in [0.1, 0.15) is 19.3 Å². The second-order valence-corrected chi connectivity index (χ2v) is 6.94. The van der Waals surface area contributed by atoms with Crippen molar-refractivity contribution in [3.63, 3.8) is 0 Å². The predicted molar refractivity (Wildman–Crippen MR) is 109 cm³/mol. The lowest BCUT2D eigenvalue weighted by molar-refractivity contribution is -0.197. The lowest BCUT2D eigenvalue weighted by Crippen LogP contribution is -2.34. The number of methoxy groups -OCH3 is 2. The highest BCUT2D eigenvalue weighted by molar-refractivity contribution is 6.01. The highest BCUT2D eigenvalue weighted by Gasteiger charge is 2.32. The van der Waals surface area contributed by atoms with Crippen LogP contribution in [0.1, 0.15) is 38.5 Å². The maximum Gasteiger partial charge on any atom is 0.407 e. The number of alkyl carbamates (subject to hydrolysis) is 1. The summed E-state index contributed by atoms with van der Waals surface area (Å²) in [5.74, 6) is -2.32. The molecule has 0 aromatic rings. The molecular formula is C20H32N2O11. The maximum atomic E-state index is 11.8. The number of amides is 3. The van der Waals surface area contributed by atoms with Gasteiger partial charge in [-0.3, -0.25) is 14.4 Å². The molecule has 1 saturated heterocycles. The van der Waals surface area contributed by atoms with Crippen molar-refractivity contribution < 1.29 is 52.5 Å². The van der Waals surface area contributed by atoms with Crippen LogP contribution in [0.4, 0.5) is 4.79 Å². The van der Waals surface area contributed by atoms with Gasteiger partial charge in [0.15, 0.2) is 0 Å². The number of hydrogen-bond acceptors (Lipinski definition) is 11. The fourth-order valence-electron chi connectivity index (χ4n) is 2.51. The third-order valence-electron chi connectivity index (χ3n) is 4.21. The largest absolute Gasteiger partial charge is 0.463 e. The summed E-state index contributed by atoms with van der Waals surface area (Å²) >= 11 is 0. The van der Waals surface area contributed by atoms with Gasteiger partial charge in [0.05, 0.1) is 13.0 Å². The van der Waals surface area contributed by atoms with Gasteiger partial charge in [0.2, 0.25) is 0 Å². The summed E-state index contributed by atoms with van der Waals surface area (Å²) in [6, 6.07) is 0. The van der Waals surface area contributed by atoms with E-state index in [4.69, 9.17) is 28.5 Å². The molecule has 1 aliphatic rings. The van der Waals surface area contributed by atoms with Crippen molar-refractivity contribution in [1.82, 2.24) is 10.4 Å². The molecule has 13 heteroatoms.